The van der Waals surface area contributed by atoms with Crippen molar-refractivity contribution in [2.45, 2.75) is 29.3 Å². The number of nitrogens with zero attached hydrogens (tertiary/aromatic N) is 2. The topological polar surface area (TPSA) is 192 Å². The molecule has 5 aromatic rings. The summed E-state index contributed by atoms with van der Waals surface area (Å²) in [5, 5.41) is 8.89. The number of nitrogens with one attached hydrogen (secondary N) is 1. The fourth-order valence-electron chi connectivity index (χ4n) is 5.18. The van der Waals surface area contributed by atoms with Crippen LogP contribution in [0.5, 0.6) is 0 Å². The summed E-state index contributed by atoms with van der Waals surface area (Å²) in [6, 6.07) is 26.2. The number of hydrogen-bond acceptors (Lipinski definition) is 7. The lowest BCUT2D eigenvalue weighted by atomic mass is 10.1. The van der Waals surface area contributed by atoms with Gasteiger partial charge in [0, 0.05) is 53.4 Å². The lowest BCUT2D eigenvalue weighted by Gasteiger charge is -2.24. The van der Waals surface area contributed by atoms with Crippen molar-refractivity contribution >= 4 is 47.9 Å². The molecule has 0 spiro atoms. The molecule has 12 nitrogen and oxygen atoms in total. The van der Waals surface area contributed by atoms with Gasteiger partial charge in [0.2, 0.25) is 0 Å². The van der Waals surface area contributed by atoms with Crippen LogP contribution in [0.4, 0.5) is 4.79 Å². The summed E-state index contributed by atoms with van der Waals surface area (Å²) in [5.41, 5.74) is 11.3. The van der Waals surface area contributed by atoms with Gasteiger partial charge >= 0.3 is 6.03 Å². The van der Waals surface area contributed by atoms with Crippen molar-refractivity contribution in [3.63, 3.8) is 0 Å². The summed E-state index contributed by atoms with van der Waals surface area (Å²) in [7, 11) is -6.72. The van der Waals surface area contributed by atoms with Gasteiger partial charge in [0.25, 0.3) is 20.2 Å². The maximum Gasteiger partial charge on any atom is 0.335 e. The highest BCUT2D eigenvalue weighted by Gasteiger charge is 2.22. The molecule has 6 rings (SSSR count). The van der Waals surface area contributed by atoms with Gasteiger partial charge in [-0.2, -0.15) is 16.8 Å². The van der Waals surface area contributed by atoms with Crippen LogP contribution in [-0.2, 0) is 39.7 Å². The Morgan fingerprint density at radius 3 is 1.82 bits per heavy atom. The minimum absolute atomic E-state index is 0.0233. The summed E-state index contributed by atoms with van der Waals surface area (Å²) < 4.78 is 65.2. The second-order valence-corrected chi connectivity index (χ2v) is 12.8. The zero-order chi connectivity index (χ0) is 32.1. The van der Waals surface area contributed by atoms with E-state index in [1.54, 1.807) is 0 Å². The van der Waals surface area contributed by atoms with Crippen LogP contribution >= 0.6 is 0 Å². The third kappa shape index (κ3) is 7.60. The van der Waals surface area contributed by atoms with Gasteiger partial charge in [0.05, 0.1) is 0 Å². The lowest BCUT2D eigenvalue weighted by Crippen LogP contribution is -2.27. The highest BCUT2D eigenvalue weighted by Crippen LogP contribution is 2.31. The average molecular weight is 641 g/mol. The predicted octanol–water partition coefficient (Wildman–Crippen LogP) is 4.05. The second-order valence-electron chi connectivity index (χ2n) is 10.0. The highest BCUT2D eigenvalue weighted by molar-refractivity contribution is 7.86. The molecule has 0 bridgehead atoms. The molecule has 0 saturated heterocycles. The SMILES string of the molecule is CN1CCc2c(c3ccccc3n2Cc2ccccc2)C1.NC(=O)NO.O=S(=O)(O)c1cccc2c(S(=O)(=O)O)cccc12. The number of urea groups is 1. The molecule has 1 aromatic heterocycles. The zero-order valence-corrected chi connectivity index (χ0v) is 25.3. The minimum Gasteiger partial charge on any atom is -0.350 e. The number of para-hydroxylation sites is 1. The van der Waals surface area contributed by atoms with E-state index in [4.69, 9.17) is 14.3 Å². The molecule has 2 heterocycles. The third-order valence-electron chi connectivity index (χ3n) is 7.04. The van der Waals surface area contributed by atoms with Crippen LogP contribution in [-0.4, -0.2) is 60.2 Å². The number of rotatable bonds is 4. The number of likely N-dealkylation sites (N-methyl/N-ethyl adjacent to an activating group) is 1. The van der Waals surface area contributed by atoms with E-state index < -0.39 is 36.1 Å². The monoisotopic (exact) mass is 640 g/mol. The Bertz CT molecular complexity index is 1940. The first kappa shape index (κ1) is 32.6. The number of nitrogens with two attached hydrogens (primary N) is 1. The minimum atomic E-state index is -4.47. The van der Waals surface area contributed by atoms with Gasteiger partial charge in [-0.05, 0) is 36.4 Å². The Kier molecular flexibility index (Phi) is 10.0. The van der Waals surface area contributed by atoms with Crippen molar-refractivity contribution in [1.82, 2.24) is 14.9 Å². The van der Waals surface area contributed by atoms with Gasteiger partial charge in [-0.25, -0.2) is 10.3 Å². The molecule has 4 aromatic carbocycles. The molecule has 0 fully saturated rings. The van der Waals surface area contributed by atoms with Gasteiger partial charge in [0.1, 0.15) is 9.79 Å². The predicted molar refractivity (Wildman–Crippen MR) is 166 cm³/mol. The maximum absolute atomic E-state index is 11.2. The number of carbonyl (C=O) groups excluding carboxylic acids is 1. The van der Waals surface area contributed by atoms with Crippen molar-refractivity contribution in [3.8, 4) is 0 Å². The number of fused-ring (bicyclic) bond motifs is 4. The number of carbonyl (C=O) groups is 1. The van der Waals surface area contributed by atoms with Crippen LogP contribution in [0, 0.1) is 0 Å². The van der Waals surface area contributed by atoms with Crippen LogP contribution in [0.25, 0.3) is 21.7 Å². The van der Waals surface area contributed by atoms with Crippen molar-refractivity contribution in [2.75, 3.05) is 13.6 Å². The lowest BCUT2D eigenvalue weighted by molar-refractivity contribution is 0.169. The molecule has 0 atom stereocenters. The average Bonchev–Trinajstić information content (AvgIpc) is 3.29. The summed E-state index contributed by atoms with van der Waals surface area (Å²) >= 11 is 0. The molecule has 0 aliphatic carbocycles. The molecule has 0 radical (unpaired) electrons. The molecule has 0 saturated carbocycles. The van der Waals surface area contributed by atoms with Crippen LogP contribution in [0.3, 0.4) is 0 Å². The first-order valence-corrected chi connectivity index (χ1v) is 16.2. The fraction of sp³-hybridized carbons (Fsp3) is 0.167. The number of hydroxylamine groups is 1. The van der Waals surface area contributed by atoms with Crippen LogP contribution < -0.4 is 11.2 Å². The summed E-state index contributed by atoms with van der Waals surface area (Å²) in [4.78, 5) is 10.8. The summed E-state index contributed by atoms with van der Waals surface area (Å²) in [5.74, 6) is 0. The molecule has 0 unspecified atom stereocenters. The third-order valence-corrected chi connectivity index (χ3v) is 8.87. The van der Waals surface area contributed by atoms with E-state index in [0.717, 1.165) is 38.2 Å². The molecular formula is C30H32N4O8S2. The number of amides is 2. The van der Waals surface area contributed by atoms with Gasteiger partial charge < -0.3 is 15.2 Å². The standard InChI is InChI=1S/C19H20N2.C10H8O6S2.CH4N2O2/c1-20-12-11-19-17(14-20)16-9-5-6-10-18(16)21(19)13-15-7-3-2-4-8-15;11-17(12,13)9-5-1-3-7-8(9)4-2-6-10(7)18(14,15)16;2-1(4)3-5/h2-10H,11-14H2,1H3;1-6H,(H,11,12,13)(H,14,15,16);5H,(H3,2,3,4). The van der Waals surface area contributed by atoms with E-state index in [0.29, 0.717) is 0 Å². The molecule has 2 amide bonds. The maximum atomic E-state index is 11.2. The Labute approximate surface area is 254 Å². The van der Waals surface area contributed by atoms with E-state index in [1.807, 2.05) is 0 Å². The van der Waals surface area contributed by atoms with Crippen molar-refractivity contribution in [1.29, 1.82) is 0 Å². The van der Waals surface area contributed by atoms with Gasteiger partial charge in [-0.3, -0.25) is 14.3 Å². The van der Waals surface area contributed by atoms with Crippen molar-refractivity contribution in [2.24, 2.45) is 5.73 Å². The zero-order valence-electron chi connectivity index (χ0n) is 23.7. The quantitative estimate of drug-likeness (QED) is 0.109. The summed E-state index contributed by atoms with van der Waals surface area (Å²) in [6.45, 7) is 3.19. The van der Waals surface area contributed by atoms with Crippen LogP contribution in [0.2, 0.25) is 0 Å². The van der Waals surface area contributed by atoms with Gasteiger partial charge in [0.15, 0.2) is 0 Å². The molecule has 1 aliphatic heterocycles. The molecule has 14 heteroatoms. The molecule has 6 N–H and O–H groups in total. The Hall–Kier alpha value is -4.31. The highest BCUT2D eigenvalue weighted by atomic mass is 32.2. The van der Waals surface area contributed by atoms with E-state index in [2.05, 4.69) is 76.8 Å². The van der Waals surface area contributed by atoms with Crippen molar-refractivity contribution < 1.29 is 35.9 Å². The molecular weight excluding hydrogens is 608 g/mol. The van der Waals surface area contributed by atoms with E-state index >= 15 is 0 Å². The Morgan fingerprint density at radius 2 is 1.30 bits per heavy atom. The molecule has 232 valence electrons. The van der Waals surface area contributed by atoms with Gasteiger partial charge in [-0.1, -0.05) is 72.8 Å². The molecule has 44 heavy (non-hydrogen) atoms. The normalized spacial score (nSPS) is 13.3. The second kappa shape index (κ2) is 13.5. The first-order valence-electron chi connectivity index (χ1n) is 13.3. The van der Waals surface area contributed by atoms with E-state index in [1.165, 1.54) is 57.5 Å². The van der Waals surface area contributed by atoms with Crippen LogP contribution in [0.1, 0.15) is 16.8 Å². The first-order chi connectivity index (χ1) is 20.8. The number of benzene rings is 4. The Balaban J connectivity index is 0.000000176. The summed E-state index contributed by atoms with van der Waals surface area (Å²) in [6.07, 6.45) is 1.15. The van der Waals surface area contributed by atoms with E-state index in [-0.39, 0.29) is 10.8 Å². The fourth-order valence-corrected chi connectivity index (χ4v) is 6.60. The van der Waals surface area contributed by atoms with Gasteiger partial charge in [-0.15, -0.1) is 0 Å². The number of aromatic nitrogens is 1. The van der Waals surface area contributed by atoms with Crippen molar-refractivity contribution in [3.05, 3.63) is 108 Å². The molecule has 1 aliphatic rings. The number of primary amides is 1. The largest absolute Gasteiger partial charge is 0.350 e. The van der Waals surface area contributed by atoms with E-state index in [9.17, 15) is 21.6 Å². The smallest absolute Gasteiger partial charge is 0.335 e. The Morgan fingerprint density at radius 1 is 0.795 bits per heavy atom. The number of hydrogen-bond donors (Lipinski definition) is 5. The van der Waals surface area contributed by atoms with Crippen LogP contribution in [0.15, 0.2) is 101 Å².